The van der Waals surface area contributed by atoms with Crippen LogP contribution in [0.2, 0.25) is 0 Å². The third-order valence-electron chi connectivity index (χ3n) is 4.43. The summed E-state index contributed by atoms with van der Waals surface area (Å²) in [7, 11) is 0. The van der Waals surface area contributed by atoms with Crippen LogP contribution >= 0.6 is 0 Å². The molecule has 0 radical (unpaired) electrons. The largest absolute Gasteiger partial charge is 0.384 e. The van der Waals surface area contributed by atoms with Crippen molar-refractivity contribution in [1.29, 1.82) is 0 Å². The highest BCUT2D eigenvalue weighted by molar-refractivity contribution is 5.99. The maximum Gasteiger partial charge on any atom is 0.278 e. The quantitative estimate of drug-likeness (QED) is 0.412. The topological polar surface area (TPSA) is 83.9 Å². The molecule has 0 saturated heterocycles. The summed E-state index contributed by atoms with van der Waals surface area (Å²) in [5, 5.41) is 16.8. The van der Waals surface area contributed by atoms with Crippen LogP contribution in [0.25, 0.3) is 21.7 Å². The van der Waals surface area contributed by atoms with Crippen molar-refractivity contribution in [2.24, 2.45) is 0 Å². The molecular formula is C19H15FN4O2. The minimum Gasteiger partial charge on any atom is -0.384 e. The van der Waals surface area contributed by atoms with Crippen LogP contribution in [-0.4, -0.2) is 21.4 Å². The van der Waals surface area contributed by atoms with Crippen molar-refractivity contribution in [1.82, 2.24) is 9.97 Å². The van der Waals surface area contributed by atoms with E-state index in [-0.39, 0.29) is 11.5 Å². The Morgan fingerprint density at radius 2 is 2.04 bits per heavy atom. The van der Waals surface area contributed by atoms with Gasteiger partial charge in [-0.3, -0.25) is 15.1 Å². The standard InChI is InChI=1S/C19H15FN4O2/c20-13-1-2-14-12(10-23-18(14)9-13)5-8-22-17-3-4-19(24(25)26)16-11-21-7-6-15(16)17/h1-4,6-7,9-11,22-23H,5,8H2. The fourth-order valence-electron chi connectivity index (χ4n) is 3.19. The van der Waals surface area contributed by atoms with E-state index in [0.29, 0.717) is 11.9 Å². The van der Waals surface area contributed by atoms with E-state index in [4.69, 9.17) is 0 Å². The van der Waals surface area contributed by atoms with Gasteiger partial charge in [-0.1, -0.05) is 0 Å². The molecule has 130 valence electrons. The first kappa shape index (κ1) is 16.0. The van der Waals surface area contributed by atoms with E-state index >= 15 is 0 Å². The van der Waals surface area contributed by atoms with Crippen molar-refractivity contribution >= 4 is 33.1 Å². The summed E-state index contributed by atoms with van der Waals surface area (Å²) in [6.07, 6.45) is 5.73. The van der Waals surface area contributed by atoms with Crippen molar-refractivity contribution in [3.63, 3.8) is 0 Å². The zero-order chi connectivity index (χ0) is 18.1. The van der Waals surface area contributed by atoms with E-state index < -0.39 is 4.92 Å². The van der Waals surface area contributed by atoms with Gasteiger partial charge in [0.05, 0.1) is 10.3 Å². The summed E-state index contributed by atoms with van der Waals surface area (Å²) >= 11 is 0. The molecule has 2 aromatic heterocycles. The van der Waals surface area contributed by atoms with Crippen molar-refractivity contribution in [3.8, 4) is 0 Å². The second-order valence-electron chi connectivity index (χ2n) is 5.99. The Morgan fingerprint density at radius 3 is 2.88 bits per heavy atom. The Kier molecular flexibility index (Phi) is 3.96. The zero-order valence-corrected chi connectivity index (χ0v) is 13.7. The van der Waals surface area contributed by atoms with Gasteiger partial charge in [0.2, 0.25) is 0 Å². The number of rotatable bonds is 5. The van der Waals surface area contributed by atoms with E-state index in [1.54, 1.807) is 24.4 Å². The first-order valence-electron chi connectivity index (χ1n) is 8.14. The predicted octanol–water partition coefficient (Wildman–Crippen LogP) is 4.42. The molecular weight excluding hydrogens is 335 g/mol. The van der Waals surface area contributed by atoms with Crippen LogP contribution in [0, 0.1) is 15.9 Å². The average Bonchev–Trinajstić information content (AvgIpc) is 3.03. The monoisotopic (exact) mass is 350 g/mol. The lowest BCUT2D eigenvalue weighted by molar-refractivity contribution is -0.383. The number of fused-ring (bicyclic) bond motifs is 2. The van der Waals surface area contributed by atoms with Gasteiger partial charge in [0, 0.05) is 53.2 Å². The normalized spacial score (nSPS) is 11.1. The summed E-state index contributed by atoms with van der Waals surface area (Å²) in [6, 6.07) is 9.65. The number of nitrogens with one attached hydrogen (secondary N) is 2. The maximum absolute atomic E-state index is 13.3. The Morgan fingerprint density at radius 1 is 1.15 bits per heavy atom. The third-order valence-corrected chi connectivity index (χ3v) is 4.43. The molecule has 0 aliphatic heterocycles. The molecule has 0 atom stereocenters. The van der Waals surface area contributed by atoms with Crippen LogP contribution in [0.4, 0.5) is 15.8 Å². The van der Waals surface area contributed by atoms with Gasteiger partial charge >= 0.3 is 0 Å². The minimum atomic E-state index is -0.404. The number of non-ortho nitro benzene ring substituents is 1. The van der Waals surface area contributed by atoms with Gasteiger partial charge < -0.3 is 10.3 Å². The van der Waals surface area contributed by atoms with E-state index in [9.17, 15) is 14.5 Å². The number of aromatic amines is 1. The number of nitrogens with zero attached hydrogens (tertiary/aromatic N) is 2. The molecule has 2 N–H and O–H groups in total. The van der Waals surface area contributed by atoms with Gasteiger partial charge in [-0.25, -0.2) is 4.39 Å². The summed E-state index contributed by atoms with van der Waals surface area (Å²) in [4.78, 5) is 17.8. The molecule has 0 saturated carbocycles. The lowest BCUT2D eigenvalue weighted by Crippen LogP contribution is -2.05. The van der Waals surface area contributed by atoms with Crippen LogP contribution in [-0.2, 0) is 6.42 Å². The molecule has 2 heterocycles. The van der Waals surface area contributed by atoms with Crippen LogP contribution in [0.1, 0.15) is 5.56 Å². The van der Waals surface area contributed by atoms with Crippen LogP contribution in [0.5, 0.6) is 0 Å². The Labute approximate surface area is 147 Å². The van der Waals surface area contributed by atoms with E-state index in [2.05, 4.69) is 15.3 Å². The first-order chi connectivity index (χ1) is 12.6. The number of nitro groups is 1. The molecule has 2 aromatic carbocycles. The number of benzene rings is 2. The minimum absolute atomic E-state index is 0.0392. The smallest absolute Gasteiger partial charge is 0.278 e. The van der Waals surface area contributed by atoms with Crippen molar-refractivity contribution < 1.29 is 9.31 Å². The molecule has 0 aliphatic rings. The third kappa shape index (κ3) is 2.83. The van der Waals surface area contributed by atoms with Gasteiger partial charge in [0.15, 0.2) is 0 Å². The highest BCUT2D eigenvalue weighted by Crippen LogP contribution is 2.30. The average molecular weight is 350 g/mol. The van der Waals surface area contributed by atoms with Gasteiger partial charge in [-0.05, 0) is 42.3 Å². The van der Waals surface area contributed by atoms with Gasteiger partial charge in [0.25, 0.3) is 5.69 Å². The van der Waals surface area contributed by atoms with E-state index in [1.165, 1.54) is 24.4 Å². The molecule has 4 aromatic rings. The Hall–Kier alpha value is -3.48. The van der Waals surface area contributed by atoms with Crippen LogP contribution in [0.15, 0.2) is 55.0 Å². The van der Waals surface area contributed by atoms with Crippen LogP contribution in [0.3, 0.4) is 0 Å². The molecule has 0 bridgehead atoms. The second kappa shape index (κ2) is 6.44. The van der Waals surface area contributed by atoms with Gasteiger partial charge in [-0.15, -0.1) is 0 Å². The predicted molar refractivity (Wildman–Crippen MR) is 98.8 cm³/mol. The highest BCUT2D eigenvalue weighted by Gasteiger charge is 2.14. The zero-order valence-electron chi connectivity index (χ0n) is 13.7. The molecule has 0 unspecified atom stereocenters. The molecule has 0 fully saturated rings. The number of hydrogen-bond donors (Lipinski definition) is 2. The summed E-state index contributed by atoms with van der Waals surface area (Å²) < 4.78 is 13.3. The number of pyridine rings is 1. The number of anilines is 1. The molecule has 7 heteroatoms. The van der Waals surface area contributed by atoms with Gasteiger partial charge in [-0.2, -0.15) is 0 Å². The molecule has 0 amide bonds. The molecule has 0 aliphatic carbocycles. The maximum atomic E-state index is 13.3. The summed E-state index contributed by atoms with van der Waals surface area (Å²) in [6.45, 7) is 0.638. The fourth-order valence-corrected chi connectivity index (χ4v) is 3.19. The molecule has 6 nitrogen and oxygen atoms in total. The van der Waals surface area contributed by atoms with E-state index in [1.807, 2.05) is 6.20 Å². The van der Waals surface area contributed by atoms with Crippen LogP contribution < -0.4 is 5.32 Å². The summed E-state index contributed by atoms with van der Waals surface area (Å²) in [5.41, 5.74) is 2.71. The Bertz CT molecular complexity index is 1120. The molecule has 0 spiro atoms. The highest BCUT2D eigenvalue weighted by atomic mass is 19.1. The van der Waals surface area contributed by atoms with Crippen molar-refractivity contribution in [2.75, 3.05) is 11.9 Å². The van der Waals surface area contributed by atoms with Crippen molar-refractivity contribution in [2.45, 2.75) is 6.42 Å². The Balaban J connectivity index is 1.56. The van der Waals surface area contributed by atoms with Gasteiger partial charge in [0.1, 0.15) is 5.82 Å². The SMILES string of the molecule is O=[N+]([O-])c1ccc(NCCc2c[nH]c3cc(F)ccc23)c2ccncc12. The number of aromatic nitrogens is 2. The fraction of sp³-hybridized carbons (Fsp3) is 0.105. The first-order valence-corrected chi connectivity index (χ1v) is 8.14. The number of hydrogen-bond acceptors (Lipinski definition) is 4. The molecule has 4 rings (SSSR count). The number of halogens is 1. The second-order valence-corrected chi connectivity index (χ2v) is 5.99. The number of H-pyrrole nitrogens is 1. The lowest BCUT2D eigenvalue weighted by Gasteiger charge is -2.10. The summed E-state index contributed by atoms with van der Waals surface area (Å²) in [5.74, 6) is -0.269. The van der Waals surface area contributed by atoms with Crippen molar-refractivity contribution in [3.05, 3.63) is 76.5 Å². The number of nitro benzene ring substituents is 1. The molecule has 26 heavy (non-hydrogen) atoms. The van der Waals surface area contributed by atoms with E-state index in [0.717, 1.165) is 34.0 Å². The lowest BCUT2D eigenvalue weighted by atomic mass is 10.1.